The van der Waals surface area contributed by atoms with Gasteiger partial charge in [0.15, 0.2) is 0 Å². The van der Waals surface area contributed by atoms with Crippen molar-refractivity contribution in [1.82, 2.24) is 9.21 Å². The normalized spacial score (nSPS) is 20.2. The van der Waals surface area contributed by atoms with Crippen LogP contribution in [0.1, 0.15) is 43.0 Å². The fraction of sp³-hybridized carbons (Fsp3) is 0.458. The molecular weight excluding hydrogens is 465 g/mol. The molecule has 4 rings (SSSR count). The fourth-order valence-corrected chi connectivity index (χ4v) is 6.59. The van der Waals surface area contributed by atoms with E-state index in [4.69, 9.17) is 11.6 Å². The maximum Gasteiger partial charge on any atom is 0.254 e. The molecule has 0 spiro atoms. The van der Waals surface area contributed by atoms with Gasteiger partial charge in [0, 0.05) is 50.0 Å². The van der Waals surface area contributed by atoms with Gasteiger partial charge in [-0.1, -0.05) is 18.5 Å². The first-order valence-corrected chi connectivity index (χ1v) is 13.2. The number of halogens is 2. The van der Waals surface area contributed by atoms with Crippen molar-refractivity contribution < 1.29 is 17.6 Å². The van der Waals surface area contributed by atoms with E-state index in [1.807, 2.05) is 9.80 Å². The van der Waals surface area contributed by atoms with Crippen LogP contribution in [0.15, 0.2) is 47.4 Å². The van der Waals surface area contributed by atoms with Crippen LogP contribution in [0.5, 0.6) is 0 Å². The number of anilines is 1. The highest BCUT2D eigenvalue weighted by Crippen LogP contribution is 2.29. The van der Waals surface area contributed by atoms with Crippen molar-refractivity contribution in [2.75, 3.05) is 37.6 Å². The van der Waals surface area contributed by atoms with E-state index in [1.54, 1.807) is 18.2 Å². The van der Waals surface area contributed by atoms with Gasteiger partial charge < -0.3 is 9.80 Å². The van der Waals surface area contributed by atoms with Crippen LogP contribution in [-0.4, -0.2) is 62.3 Å². The molecule has 2 saturated heterocycles. The van der Waals surface area contributed by atoms with Gasteiger partial charge in [-0.25, -0.2) is 12.8 Å². The number of piperazine rings is 1. The Morgan fingerprint density at radius 3 is 2.39 bits per heavy atom. The number of sulfonamides is 1. The molecule has 0 aliphatic carbocycles. The van der Waals surface area contributed by atoms with Crippen molar-refractivity contribution in [1.29, 1.82) is 0 Å². The molecule has 0 aromatic heterocycles. The van der Waals surface area contributed by atoms with E-state index < -0.39 is 10.0 Å². The minimum atomic E-state index is -3.87. The van der Waals surface area contributed by atoms with Crippen LogP contribution in [0.3, 0.4) is 0 Å². The van der Waals surface area contributed by atoms with Gasteiger partial charge in [-0.3, -0.25) is 4.79 Å². The number of carbonyl (C=O) groups excluding carboxylic acids is 1. The number of hydrogen-bond acceptors (Lipinski definition) is 4. The molecule has 0 radical (unpaired) electrons. The standard InChI is InChI=1S/C24H29ClFN3O3S/c1-2-20-5-3-4-12-29(20)24(30)18-6-11-22(25)23(17-18)33(31,32)28-15-13-27(14-16-28)21-9-7-19(26)8-10-21/h6-11,17,20H,2-5,12-16H2,1H3. The highest BCUT2D eigenvalue weighted by molar-refractivity contribution is 7.89. The van der Waals surface area contributed by atoms with Crippen LogP contribution in [0.25, 0.3) is 0 Å². The molecule has 2 aromatic rings. The quantitative estimate of drug-likeness (QED) is 0.619. The highest BCUT2D eigenvalue weighted by atomic mass is 35.5. The summed E-state index contributed by atoms with van der Waals surface area (Å²) in [5.74, 6) is -0.449. The molecule has 178 valence electrons. The zero-order valence-electron chi connectivity index (χ0n) is 18.7. The molecule has 6 nitrogen and oxygen atoms in total. The van der Waals surface area contributed by atoms with E-state index in [0.717, 1.165) is 31.4 Å². The Balaban J connectivity index is 1.52. The molecule has 2 heterocycles. The monoisotopic (exact) mass is 493 g/mol. The fourth-order valence-electron chi connectivity index (χ4n) is 4.67. The summed E-state index contributed by atoms with van der Waals surface area (Å²) < 4.78 is 41.4. The average molecular weight is 494 g/mol. The Kier molecular flexibility index (Phi) is 7.26. The summed E-state index contributed by atoms with van der Waals surface area (Å²) in [7, 11) is -3.87. The topological polar surface area (TPSA) is 60.9 Å². The van der Waals surface area contributed by atoms with Crippen LogP contribution in [-0.2, 0) is 10.0 Å². The third-order valence-corrected chi connectivity index (χ3v) is 8.97. The third-order valence-electron chi connectivity index (χ3n) is 6.59. The number of likely N-dealkylation sites (tertiary alicyclic amines) is 1. The summed E-state index contributed by atoms with van der Waals surface area (Å²) in [6.45, 7) is 4.27. The molecule has 2 aromatic carbocycles. The zero-order valence-corrected chi connectivity index (χ0v) is 20.3. The maximum atomic E-state index is 13.4. The van der Waals surface area contributed by atoms with E-state index in [2.05, 4.69) is 6.92 Å². The molecule has 2 aliphatic heterocycles. The van der Waals surface area contributed by atoms with Gasteiger partial charge in [0.25, 0.3) is 5.91 Å². The molecule has 0 N–H and O–H groups in total. The summed E-state index contributed by atoms with van der Waals surface area (Å²) >= 11 is 6.31. The summed E-state index contributed by atoms with van der Waals surface area (Å²) in [5.41, 5.74) is 1.20. The molecule has 1 atom stereocenters. The second-order valence-electron chi connectivity index (χ2n) is 8.57. The minimum Gasteiger partial charge on any atom is -0.369 e. The highest BCUT2D eigenvalue weighted by Gasteiger charge is 2.32. The van der Waals surface area contributed by atoms with Crippen molar-refractivity contribution in [3.8, 4) is 0 Å². The predicted molar refractivity (Wildman–Crippen MR) is 128 cm³/mol. The number of piperidine rings is 1. The number of nitrogens with zero attached hydrogens (tertiary/aromatic N) is 3. The Morgan fingerprint density at radius 1 is 1.03 bits per heavy atom. The second-order valence-corrected chi connectivity index (χ2v) is 10.9. The summed E-state index contributed by atoms with van der Waals surface area (Å²) in [6.07, 6.45) is 3.91. The smallest absolute Gasteiger partial charge is 0.254 e. The predicted octanol–water partition coefficient (Wildman–Crippen LogP) is 4.39. The SMILES string of the molecule is CCC1CCCCN1C(=O)c1ccc(Cl)c(S(=O)(=O)N2CCN(c3ccc(F)cc3)CC2)c1. The Labute approximate surface area is 200 Å². The van der Waals surface area contributed by atoms with E-state index in [-0.39, 0.29) is 40.8 Å². The maximum absolute atomic E-state index is 13.4. The Bertz CT molecular complexity index is 1100. The number of amides is 1. The molecule has 9 heteroatoms. The Morgan fingerprint density at radius 2 is 1.73 bits per heavy atom. The Hall–Kier alpha value is -2.16. The third kappa shape index (κ3) is 5.03. The molecule has 1 unspecified atom stereocenters. The number of carbonyl (C=O) groups is 1. The lowest BCUT2D eigenvalue weighted by Gasteiger charge is -2.36. The number of rotatable bonds is 5. The first kappa shape index (κ1) is 24.0. The van der Waals surface area contributed by atoms with E-state index in [1.165, 1.54) is 28.6 Å². The first-order valence-electron chi connectivity index (χ1n) is 11.4. The summed E-state index contributed by atoms with van der Waals surface area (Å²) in [5, 5.41) is 0.109. The molecule has 33 heavy (non-hydrogen) atoms. The lowest BCUT2D eigenvalue weighted by Crippen LogP contribution is -2.48. The van der Waals surface area contributed by atoms with Crippen LogP contribution in [0.4, 0.5) is 10.1 Å². The summed E-state index contributed by atoms with van der Waals surface area (Å²) in [6, 6.07) is 10.9. The van der Waals surface area contributed by atoms with Gasteiger partial charge in [0.2, 0.25) is 10.0 Å². The van der Waals surface area contributed by atoms with E-state index >= 15 is 0 Å². The molecule has 0 saturated carbocycles. The lowest BCUT2D eigenvalue weighted by molar-refractivity contribution is 0.0608. The van der Waals surface area contributed by atoms with Gasteiger partial charge in [-0.2, -0.15) is 4.31 Å². The van der Waals surface area contributed by atoms with Crippen LogP contribution < -0.4 is 4.90 Å². The van der Waals surface area contributed by atoms with Crippen LogP contribution >= 0.6 is 11.6 Å². The molecule has 0 bridgehead atoms. The van der Waals surface area contributed by atoms with Crippen LogP contribution in [0, 0.1) is 5.82 Å². The van der Waals surface area contributed by atoms with Crippen molar-refractivity contribution in [3.05, 3.63) is 58.9 Å². The molecular formula is C24H29ClFN3O3S. The van der Waals surface area contributed by atoms with E-state index in [9.17, 15) is 17.6 Å². The number of benzene rings is 2. The van der Waals surface area contributed by atoms with Gasteiger partial charge >= 0.3 is 0 Å². The number of hydrogen-bond donors (Lipinski definition) is 0. The van der Waals surface area contributed by atoms with Crippen LogP contribution in [0.2, 0.25) is 5.02 Å². The van der Waals surface area contributed by atoms with Gasteiger partial charge in [-0.05, 0) is 68.1 Å². The second kappa shape index (κ2) is 9.99. The molecule has 1 amide bonds. The van der Waals surface area contributed by atoms with E-state index in [0.29, 0.717) is 25.2 Å². The molecule has 2 aliphatic rings. The van der Waals surface area contributed by atoms with Crippen molar-refractivity contribution >= 4 is 33.2 Å². The summed E-state index contributed by atoms with van der Waals surface area (Å²) in [4.78, 5) is 17.1. The van der Waals surface area contributed by atoms with Gasteiger partial charge in [-0.15, -0.1) is 0 Å². The van der Waals surface area contributed by atoms with Crippen molar-refractivity contribution in [3.63, 3.8) is 0 Å². The largest absolute Gasteiger partial charge is 0.369 e. The average Bonchev–Trinajstić information content (AvgIpc) is 2.84. The minimum absolute atomic E-state index is 0.0321. The van der Waals surface area contributed by atoms with Gasteiger partial charge in [0.05, 0.1) is 5.02 Å². The van der Waals surface area contributed by atoms with Gasteiger partial charge in [0.1, 0.15) is 10.7 Å². The lowest BCUT2D eigenvalue weighted by atomic mass is 9.99. The first-order chi connectivity index (χ1) is 15.8. The van der Waals surface area contributed by atoms with Crippen molar-refractivity contribution in [2.24, 2.45) is 0 Å². The zero-order chi connectivity index (χ0) is 23.6. The molecule has 2 fully saturated rings. The van der Waals surface area contributed by atoms with Crippen molar-refractivity contribution in [2.45, 2.75) is 43.5 Å².